The maximum atomic E-state index is 12.1. The average molecular weight is 256 g/mol. The molecule has 0 amide bonds. The van der Waals surface area contributed by atoms with Crippen molar-refractivity contribution in [3.63, 3.8) is 0 Å². The van der Waals surface area contributed by atoms with Gasteiger partial charge in [0.15, 0.2) is 0 Å². The van der Waals surface area contributed by atoms with Crippen molar-refractivity contribution in [1.82, 2.24) is 0 Å². The van der Waals surface area contributed by atoms with Crippen LogP contribution in [0.4, 0.5) is 0 Å². The number of rotatable bonds is 2. The monoisotopic (exact) mass is 256 g/mol. The van der Waals surface area contributed by atoms with Gasteiger partial charge < -0.3 is 4.74 Å². The van der Waals surface area contributed by atoms with Crippen molar-refractivity contribution >= 4 is 5.97 Å². The van der Waals surface area contributed by atoms with Gasteiger partial charge in [-0.2, -0.15) is 0 Å². The summed E-state index contributed by atoms with van der Waals surface area (Å²) in [5.74, 6) is 3.17. The maximum absolute atomic E-state index is 12.1. The van der Waals surface area contributed by atoms with Crippen molar-refractivity contribution in [2.45, 2.75) is 38.2 Å². The van der Waals surface area contributed by atoms with Gasteiger partial charge in [-0.1, -0.05) is 24.6 Å². The Morgan fingerprint density at radius 1 is 1.00 bits per heavy atom. The van der Waals surface area contributed by atoms with Crippen molar-refractivity contribution in [1.29, 1.82) is 0 Å². The zero-order valence-corrected chi connectivity index (χ0v) is 11.1. The van der Waals surface area contributed by atoms with E-state index in [2.05, 4.69) is 0 Å². The molecule has 0 unspecified atom stereocenters. The molecular formula is C17H20O2. The lowest BCUT2D eigenvalue weighted by atomic mass is 9.80. The molecule has 1 aromatic carbocycles. The molecule has 2 heteroatoms. The molecule has 3 fully saturated rings. The Labute approximate surface area is 114 Å². The van der Waals surface area contributed by atoms with E-state index in [0.717, 1.165) is 24.2 Å². The molecule has 3 saturated carbocycles. The smallest absolute Gasteiger partial charge is 0.338 e. The third-order valence-corrected chi connectivity index (χ3v) is 5.64. The van der Waals surface area contributed by atoms with Gasteiger partial charge in [-0.05, 0) is 61.5 Å². The summed E-state index contributed by atoms with van der Waals surface area (Å²) in [4.78, 5) is 12.1. The third-order valence-electron chi connectivity index (χ3n) is 5.64. The number of hydrogen-bond donors (Lipinski definition) is 0. The van der Waals surface area contributed by atoms with Crippen molar-refractivity contribution in [3.05, 3.63) is 35.9 Å². The van der Waals surface area contributed by atoms with Crippen molar-refractivity contribution in [2.75, 3.05) is 0 Å². The van der Waals surface area contributed by atoms with Gasteiger partial charge in [0.25, 0.3) is 0 Å². The molecule has 0 aromatic heterocycles. The largest absolute Gasteiger partial charge is 0.458 e. The van der Waals surface area contributed by atoms with Gasteiger partial charge in [-0.15, -0.1) is 0 Å². The van der Waals surface area contributed by atoms with Gasteiger partial charge in [-0.3, -0.25) is 0 Å². The minimum absolute atomic E-state index is 0.132. The van der Waals surface area contributed by atoms with Crippen LogP contribution in [0.2, 0.25) is 0 Å². The highest BCUT2D eigenvalue weighted by atomic mass is 16.5. The molecular weight excluding hydrogens is 236 g/mol. The Hall–Kier alpha value is -1.31. The molecule has 0 aliphatic heterocycles. The second-order valence-electron chi connectivity index (χ2n) is 6.46. The maximum Gasteiger partial charge on any atom is 0.338 e. The van der Waals surface area contributed by atoms with Gasteiger partial charge in [0, 0.05) is 0 Å². The molecule has 0 saturated heterocycles. The molecule has 0 N–H and O–H groups in total. The van der Waals surface area contributed by atoms with Crippen molar-refractivity contribution < 1.29 is 9.53 Å². The molecule has 100 valence electrons. The van der Waals surface area contributed by atoms with E-state index >= 15 is 0 Å². The number of hydrogen-bond acceptors (Lipinski definition) is 2. The van der Waals surface area contributed by atoms with E-state index in [1.165, 1.54) is 25.7 Å². The number of ether oxygens (including phenoxy) is 1. The average Bonchev–Trinajstić information content (AvgIpc) is 3.11. The van der Waals surface area contributed by atoms with Crippen LogP contribution in [0.1, 0.15) is 42.5 Å². The van der Waals surface area contributed by atoms with Crippen LogP contribution in [0.15, 0.2) is 30.3 Å². The molecule has 3 aliphatic rings. The predicted molar refractivity (Wildman–Crippen MR) is 72.7 cm³/mol. The van der Waals surface area contributed by atoms with Crippen LogP contribution in [-0.4, -0.2) is 12.1 Å². The molecule has 2 bridgehead atoms. The Morgan fingerprint density at radius 2 is 1.79 bits per heavy atom. The molecule has 2 nitrogen and oxygen atoms in total. The predicted octanol–water partition coefficient (Wildman–Crippen LogP) is 3.67. The highest BCUT2D eigenvalue weighted by molar-refractivity contribution is 5.89. The van der Waals surface area contributed by atoms with E-state index in [4.69, 9.17) is 4.74 Å². The summed E-state index contributed by atoms with van der Waals surface area (Å²) < 4.78 is 5.80. The lowest BCUT2D eigenvalue weighted by molar-refractivity contribution is 0.00143. The summed E-state index contributed by atoms with van der Waals surface area (Å²) in [5.41, 5.74) is 0.688. The standard InChI is InChI=1S/C17H20O2/c18-17(11-5-2-1-3-6-11)19-16-10-12-9-15(16)14-8-4-7-13(12)14/h1-3,5-6,12-16H,4,7-10H2/t12-,13-,14-,15+,16+/m1/s1. The highest BCUT2D eigenvalue weighted by Crippen LogP contribution is 2.59. The first kappa shape index (κ1) is 11.5. The topological polar surface area (TPSA) is 26.3 Å². The van der Waals surface area contributed by atoms with Crippen LogP contribution >= 0.6 is 0 Å². The van der Waals surface area contributed by atoms with Gasteiger partial charge in [0.05, 0.1) is 5.56 Å². The second-order valence-corrected chi connectivity index (χ2v) is 6.46. The first-order chi connectivity index (χ1) is 9.33. The van der Waals surface area contributed by atoms with Gasteiger partial charge in [0.2, 0.25) is 0 Å². The van der Waals surface area contributed by atoms with E-state index in [-0.39, 0.29) is 12.1 Å². The molecule has 19 heavy (non-hydrogen) atoms. The number of fused-ring (bicyclic) bond motifs is 5. The van der Waals surface area contributed by atoms with Crippen LogP contribution in [0.25, 0.3) is 0 Å². The third kappa shape index (κ3) is 1.80. The second kappa shape index (κ2) is 4.36. The van der Waals surface area contributed by atoms with Crippen LogP contribution < -0.4 is 0 Å². The lowest BCUT2D eigenvalue weighted by Gasteiger charge is -2.31. The Balaban J connectivity index is 1.46. The summed E-state index contributed by atoms with van der Waals surface area (Å²) >= 11 is 0. The number of benzene rings is 1. The summed E-state index contributed by atoms with van der Waals surface area (Å²) in [7, 11) is 0. The molecule has 4 rings (SSSR count). The Bertz CT molecular complexity index is 481. The molecule has 5 atom stereocenters. The first-order valence-electron chi connectivity index (χ1n) is 7.59. The van der Waals surface area contributed by atoms with E-state index < -0.39 is 0 Å². The molecule has 0 spiro atoms. The summed E-state index contributed by atoms with van der Waals surface area (Å²) in [6.45, 7) is 0. The molecule has 0 radical (unpaired) electrons. The van der Waals surface area contributed by atoms with Crippen molar-refractivity contribution in [2.24, 2.45) is 23.7 Å². The van der Waals surface area contributed by atoms with E-state index in [1.54, 1.807) is 0 Å². The van der Waals surface area contributed by atoms with E-state index in [9.17, 15) is 4.79 Å². The quantitative estimate of drug-likeness (QED) is 0.755. The summed E-state index contributed by atoms with van der Waals surface area (Å²) in [5, 5.41) is 0. The Kier molecular flexibility index (Phi) is 2.64. The zero-order valence-electron chi connectivity index (χ0n) is 11.1. The number of carbonyl (C=O) groups excluding carboxylic acids is 1. The van der Waals surface area contributed by atoms with Crippen molar-refractivity contribution in [3.8, 4) is 0 Å². The molecule has 1 aromatic rings. The minimum atomic E-state index is -0.132. The fourth-order valence-electron chi connectivity index (χ4n) is 4.92. The van der Waals surface area contributed by atoms with E-state index in [0.29, 0.717) is 11.5 Å². The highest BCUT2D eigenvalue weighted by Gasteiger charge is 2.55. The molecule has 3 aliphatic carbocycles. The number of carbonyl (C=O) groups is 1. The minimum Gasteiger partial charge on any atom is -0.458 e. The number of esters is 1. The van der Waals surface area contributed by atoms with E-state index in [1.807, 2.05) is 30.3 Å². The first-order valence-corrected chi connectivity index (χ1v) is 7.59. The van der Waals surface area contributed by atoms with Crippen LogP contribution in [0.3, 0.4) is 0 Å². The fourth-order valence-corrected chi connectivity index (χ4v) is 4.92. The Morgan fingerprint density at radius 3 is 2.63 bits per heavy atom. The van der Waals surface area contributed by atoms with Gasteiger partial charge in [0.1, 0.15) is 6.10 Å². The normalized spacial score (nSPS) is 39.3. The van der Waals surface area contributed by atoms with Crippen LogP contribution in [0, 0.1) is 23.7 Å². The SMILES string of the molecule is O=C(O[C@H]1C[C@H]2C[C@H]1[C@@H]1CCC[C@H]21)c1ccccc1. The zero-order chi connectivity index (χ0) is 12.8. The fraction of sp³-hybridized carbons (Fsp3) is 0.588. The summed E-state index contributed by atoms with van der Waals surface area (Å²) in [6.07, 6.45) is 6.79. The lowest BCUT2D eigenvalue weighted by Crippen LogP contribution is -2.32. The van der Waals surface area contributed by atoms with Gasteiger partial charge in [-0.25, -0.2) is 4.79 Å². The molecule has 0 heterocycles. The van der Waals surface area contributed by atoms with Gasteiger partial charge >= 0.3 is 5.97 Å². The van der Waals surface area contributed by atoms with Crippen LogP contribution in [0.5, 0.6) is 0 Å². The summed E-state index contributed by atoms with van der Waals surface area (Å²) in [6, 6.07) is 9.40. The van der Waals surface area contributed by atoms with Crippen LogP contribution in [-0.2, 0) is 4.74 Å².